The van der Waals surface area contributed by atoms with E-state index >= 15 is 0 Å². The molecule has 0 saturated carbocycles. The van der Waals surface area contributed by atoms with Crippen molar-refractivity contribution in [3.63, 3.8) is 0 Å². The first-order valence-corrected chi connectivity index (χ1v) is 7.25. The van der Waals surface area contributed by atoms with Crippen molar-refractivity contribution < 1.29 is 18.6 Å². The fourth-order valence-electron chi connectivity index (χ4n) is 2.50. The van der Waals surface area contributed by atoms with Gasteiger partial charge in [0.15, 0.2) is 12.2 Å². The zero-order valence-corrected chi connectivity index (χ0v) is 13.3. The van der Waals surface area contributed by atoms with Gasteiger partial charge in [-0.25, -0.2) is 4.39 Å². The molecule has 24 heavy (non-hydrogen) atoms. The van der Waals surface area contributed by atoms with Gasteiger partial charge < -0.3 is 19.2 Å². The number of benzene rings is 2. The molecule has 0 bridgehead atoms. The predicted octanol–water partition coefficient (Wildman–Crippen LogP) is 3.33. The first-order valence-electron chi connectivity index (χ1n) is 7.25. The Morgan fingerprint density at radius 1 is 1.08 bits per heavy atom. The number of halogens is 1. The number of hydrogen-bond donors (Lipinski definition) is 1. The molecule has 0 aliphatic rings. The highest BCUT2D eigenvalue weighted by atomic mass is 19.1. The highest BCUT2D eigenvalue weighted by Crippen LogP contribution is 2.27. The maximum atomic E-state index is 14.2. The van der Waals surface area contributed by atoms with E-state index in [9.17, 15) is 9.18 Å². The van der Waals surface area contributed by atoms with Crippen molar-refractivity contribution in [2.45, 2.75) is 0 Å². The Balaban J connectivity index is 2.16. The van der Waals surface area contributed by atoms with Gasteiger partial charge in [0.05, 0.1) is 18.0 Å². The van der Waals surface area contributed by atoms with Crippen LogP contribution in [0.1, 0.15) is 0 Å². The number of rotatable bonds is 5. The zero-order chi connectivity index (χ0) is 17.1. The number of hydrogen-bond acceptors (Lipinski definition) is 4. The molecule has 0 atom stereocenters. The minimum atomic E-state index is -0.605. The van der Waals surface area contributed by atoms with E-state index in [4.69, 9.17) is 14.2 Å². The van der Waals surface area contributed by atoms with Gasteiger partial charge in [-0.3, -0.25) is 4.79 Å². The van der Waals surface area contributed by atoms with Gasteiger partial charge in [-0.05, 0) is 29.8 Å². The molecular formula is C18H16FNO4. The number of nitrogens with one attached hydrogen (secondary N) is 1. The lowest BCUT2D eigenvalue weighted by molar-refractivity contribution is 0.0520. The van der Waals surface area contributed by atoms with E-state index in [-0.39, 0.29) is 12.2 Å². The Hall–Kier alpha value is -2.86. The Kier molecular flexibility index (Phi) is 4.48. The molecular weight excluding hydrogens is 313 g/mol. The molecule has 0 fully saturated rings. The van der Waals surface area contributed by atoms with E-state index in [1.165, 1.54) is 19.2 Å². The molecule has 0 spiro atoms. The largest absolute Gasteiger partial charge is 0.497 e. The number of pyridine rings is 1. The average Bonchev–Trinajstić information content (AvgIpc) is 2.61. The second kappa shape index (κ2) is 6.72. The lowest BCUT2D eigenvalue weighted by atomic mass is 10.0. The molecule has 124 valence electrons. The zero-order valence-electron chi connectivity index (χ0n) is 13.3. The second-order valence-electron chi connectivity index (χ2n) is 5.11. The molecule has 0 radical (unpaired) electrons. The summed E-state index contributed by atoms with van der Waals surface area (Å²) in [5, 5.41) is -0.0445. The maximum Gasteiger partial charge on any atom is 0.200 e. The summed E-state index contributed by atoms with van der Waals surface area (Å²) >= 11 is 0. The third-order valence-electron chi connectivity index (χ3n) is 3.68. The maximum absolute atomic E-state index is 14.2. The molecule has 3 aromatic rings. The van der Waals surface area contributed by atoms with E-state index in [1.54, 1.807) is 37.6 Å². The summed E-state index contributed by atoms with van der Waals surface area (Å²) in [6.07, 6.45) is 1.55. The monoisotopic (exact) mass is 329 g/mol. The highest BCUT2D eigenvalue weighted by Gasteiger charge is 2.15. The Morgan fingerprint density at radius 2 is 1.83 bits per heavy atom. The van der Waals surface area contributed by atoms with Crippen molar-refractivity contribution >= 4 is 10.9 Å². The molecule has 3 rings (SSSR count). The highest BCUT2D eigenvalue weighted by molar-refractivity contribution is 5.88. The normalized spacial score (nSPS) is 10.8. The van der Waals surface area contributed by atoms with Crippen LogP contribution >= 0.6 is 0 Å². The fourth-order valence-corrected chi connectivity index (χ4v) is 2.50. The summed E-state index contributed by atoms with van der Waals surface area (Å²) in [4.78, 5) is 15.7. The van der Waals surface area contributed by atoms with Crippen molar-refractivity contribution in [1.82, 2.24) is 4.98 Å². The molecule has 6 heteroatoms. The van der Waals surface area contributed by atoms with Crippen LogP contribution in [0.15, 0.2) is 47.4 Å². The van der Waals surface area contributed by atoms with Gasteiger partial charge in [0.1, 0.15) is 17.3 Å². The lowest BCUT2D eigenvalue weighted by Gasteiger charge is -2.10. The Morgan fingerprint density at radius 3 is 2.50 bits per heavy atom. The summed E-state index contributed by atoms with van der Waals surface area (Å²) in [6.45, 7) is 0.00297. The van der Waals surface area contributed by atoms with Crippen LogP contribution in [0.25, 0.3) is 22.0 Å². The molecule has 2 aromatic carbocycles. The van der Waals surface area contributed by atoms with Crippen molar-refractivity contribution in [1.29, 1.82) is 0 Å². The number of aromatic amines is 1. The van der Waals surface area contributed by atoms with Crippen LogP contribution in [0, 0.1) is 5.82 Å². The molecule has 0 saturated heterocycles. The number of ether oxygens (including phenoxy) is 3. The van der Waals surface area contributed by atoms with Gasteiger partial charge in [0.2, 0.25) is 0 Å². The van der Waals surface area contributed by atoms with E-state index in [0.29, 0.717) is 28.1 Å². The van der Waals surface area contributed by atoms with Gasteiger partial charge in [0.25, 0.3) is 0 Å². The number of methoxy groups -OCH3 is 2. The molecule has 0 amide bonds. The fraction of sp³-hybridized carbons (Fsp3) is 0.167. The Labute approximate surface area is 137 Å². The average molecular weight is 329 g/mol. The summed E-state index contributed by atoms with van der Waals surface area (Å²) < 4.78 is 29.6. The third-order valence-corrected chi connectivity index (χ3v) is 3.68. The quantitative estimate of drug-likeness (QED) is 0.730. The topological polar surface area (TPSA) is 60.6 Å². The first-order chi connectivity index (χ1) is 11.7. The van der Waals surface area contributed by atoms with Crippen molar-refractivity contribution in [2.75, 3.05) is 21.0 Å². The van der Waals surface area contributed by atoms with Crippen LogP contribution in [-0.2, 0) is 4.74 Å². The first kappa shape index (κ1) is 16.0. The van der Waals surface area contributed by atoms with Crippen molar-refractivity contribution in [2.24, 2.45) is 0 Å². The molecule has 0 aliphatic carbocycles. The number of aromatic nitrogens is 1. The summed E-state index contributed by atoms with van der Waals surface area (Å²) in [7, 11) is 3.05. The standard InChI is InChI=1S/C18H16FNO4/c1-22-10-24-15-8-7-14(19)16-17(15)20-9-13(18(16)21)11-3-5-12(23-2)6-4-11/h3-9H,10H2,1-2H3,(H,20,21). The second-order valence-corrected chi connectivity index (χ2v) is 5.11. The minimum absolute atomic E-state index is 0.00297. The summed E-state index contributed by atoms with van der Waals surface area (Å²) in [5.41, 5.74) is 0.929. The van der Waals surface area contributed by atoms with Gasteiger partial charge in [0, 0.05) is 18.9 Å². The number of H-pyrrole nitrogens is 1. The van der Waals surface area contributed by atoms with Gasteiger partial charge >= 0.3 is 0 Å². The molecule has 0 unspecified atom stereocenters. The van der Waals surface area contributed by atoms with Gasteiger partial charge in [-0.15, -0.1) is 0 Å². The number of fused-ring (bicyclic) bond motifs is 1. The van der Waals surface area contributed by atoms with Gasteiger partial charge in [-0.1, -0.05) is 12.1 Å². The van der Waals surface area contributed by atoms with E-state index in [1.807, 2.05) is 0 Å². The molecule has 0 aliphatic heterocycles. The summed E-state index contributed by atoms with van der Waals surface area (Å²) in [5.74, 6) is 0.426. The SMILES string of the molecule is COCOc1ccc(F)c2c(=O)c(-c3ccc(OC)cc3)c[nH]c12. The molecule has 1 aromatic heterocycles. The van der Waals surface area contributed by atoms with Crippen LogP contribution < -0.4 is 14.9 Å². The predicted molar refractivity (Wildman–Crippen MR) is 89.0 cm³/mol. The van der Waals surface area contributed by atoms with Gasteiger partial charge in [-0.2, -0.15) is 0 Å². The molecule has 5 nitrogen and oxygen atoms in total. The minimum Gasteiger partial charge on any atom is -0.497 e. The summed E-state index contributed by atoms with van der Waals surface area (Å²) in [6, 6.07) is 9.65. The van der Waals surface area contributed by atoms with E-state index in [2.05, 4.69) is 4.98 Å². The third kappa shape index (κ3) is 2.83. The Bertz CT molecular complexity index is 919. The van der Waals surface area contributed by atoms with Crippen molar-refractivity contribution in [3.8, 4) is 22.6 Å². The smallest absolute Gasteiger partial charge is 0.200 e. The van der Waals surface area contributed by atoms with E-state index in [0.717, 1.165) is 0 Å². The van der Waals surface area contributed by atoms with Crippen LogP contribution in [0.2, 0.25) is 0 Å². The van der Waals surface area contributed by atoms with Crippen molar-refractivity contribution in [3.05, 3.63) is 58.6 Å². The lowest BCUT2D eigenvalue weighted by Crippen LogP contribution is -2.10. The molecule has 1 heterocycles. The molecule has 1 N–H and O–H groups in total. The van der Waals surface area contributed by atoms with E-state index < -0.39 is 11.2 Å². The van der Waals surface area contributed by atoms with Crippen LogP contribution in [0.3, 0.4) is 0 Å². The van der Waals surface area contributed by atoms with Crippen LogP contribution in [0.5, 0.6) is 11.5 Å². The van der Waals surface area contributed by atoms with Crippen LogP contribution in [0.4, 0.5) is 4.39 Å². The van der Waals surface area contributed by atoms with Crippen LogP contribution in [-0.4, -0.2) is 26.0 Å².